The van der Waals surface area contributed by atoms with Crippen molar-refractivity contribution in [1.82, 2.24) is 5.32 Å². The Bertz CT molecular complexity index is 210. The molecule has 80 valence electrons. The molecule has 0 saturated heterocycles. The maximum atomic E-state index is 4.57. The largest absolute Gasteiger partial charge is 0.371 e. The quantitative estimate of drug-likeness (QED) is 0.718. The van der Waals surface area contributed by atoms with E-state index in [4.69, 9.17) is 0 Å². The Morgan fingerprint density at radius 3 is 2.93 bits per heavy atom. The van der Waals surface area contributed by atoms with Crippen LogP contribution in [0.25, 0.3) is 0 Å². The molecule has 1 fully saturated rings. The van der Waals surface area contributed by atoms with Crippen molar-refractivity contribution in [2.45, 2.75) is 57.9 Å². The van der Waals surface area contributed by atoms with Crippen molar-refractivity contribution >= 4 is 5.84 Å². The summed E-state index contributed by atoms with van der Waals surface area (Å²) < 4.78 is 0. The Morgan fingerprint density at radius 2 is 2.21 bits per heavy atom. The number of hydrogen-bond donors (Lipinski definition) is 1. The smallest absolute Gasteiger partial charge is 0.0965 e. The zero-order chi connectivity index (χ0) is 9.80. The van der Waals surface area contributed by atoms with Gasteiger partial charge in [0.2, 0.25) is 0 Å². The molecule has 0 radical (unpaired) electrons. The van der Waals surface area contributed by atoms with E-state index in [1.807, 2.05) is 0 Å². The molecular weight excluding hydrogens is 172 g/mol. The van der Waals surface area contributed by atoms with Gasteiger partial charge in [0.25, 0.3) is 0 Å². The first-order chi connectivity index (χ1) is 6.90. The molecule has 2 atom stereocenters. The van der Waals surface area contributed by atoms with E-state index in [1.165, 1.54) is 50.8 Å². The summed E-state index contributed by atoms with van der Waals surface area (Å²) >= 11 is 0. The van der Waals surface area contributed by atoms with E-state index in [9.17, 15) is 0 Å². The van der Waals surface area contributed by atoms with Crippen molar-refractivity contribution in [3.63, 3.8) is 0 Å². The average molecular weight is 194 g/mol. The molecule has 1 saturated carbocycles. The van der Waals surface area contributed by atoms with E-state index in [0.717, 1.165) is 18.5 Å². The second-order valence-electron chi connectivity index (χ2n) is 4.64. The van der Waals surface area contributed by atoms with E-state index < -0.39 is 0 Å². The Hall–Kier alpha value is -0.530. The predicted molar refractivity (Wildman–Crippen MR) is 60.7 cm³/mol. The normalized spacial score (nSPS) is 32.8. The predicted octanol–water partition coefficient (Wildman–Crippen LogP) is 2.74. The van der Waals surface area contributed by atoms with Gasteiger partial charge >= 0.3 is 0 Å². The SMILES string of the molecule is CCC1CCCC1NC1=NCCCC1. The van der Waals surface area contributed by atoms with Crippen LogP contribution in [0.5, 0.6) is 0 Å². The van der Waals surface area contributed by atoms with Crippen molar-refractivity contribution in [1.29, 1.82) is 0 Å². The molecule has 2 aliphatic rings. The number of hydrogen-bond acceptors (Lipinski definition) is 2. The van der Waals surface area contributed by atoms with Crippen LogP contribution in [0, 0.1) is 5.92 Å². The second kappa shape index (κ2) is 4.81. The minimum atomic E-state index is 0.733. The molecule has 0 bridgehead atoms. The van der Waals surface area contributed by atoms with E-state index in [2.05, 4.69) is 17.2 Å². The van der Waals surface area contributed by atoms with Crippen LogP contribution in [0.3, 0.4) is 0 Å². The molecule has 2 unspecified atom stereocenters. The third-order valence-corrected chi connectivity index (χ3v) is 3.66. The Kier molecular flexibility index (Phi) is 3.44. The molecule has 0 amide bonds. The summed E-state index contributed by atoms with van der Waals surface area (Å²) in [6.45, 7) is 3.36. The highest BCUT2D eigenvalue weighted by Gasteiger charge is 2.26. The van der Waals surface area contributed by atoms with Crippen molar-refractivity contribution < 1.29 is 0 Å². The van der Waals surface area contributed by atoms with E-state index in [0.29, 0.717) is 0 Å². The molecule has 0 aromatic rings. The van der Waals surface area contributed by atoms with Crippen molar-refractivity contribution in [2.75, 3.05) is 6.54 Å². The highest BCUT2D eigenvalue weighted by atomic mass is 15.0. The van der Waals surface area contributed by atoms with Crippen molar-refractivity contribution in [2.24, 2.45) is 10.9 Å². The van der Waals surface area contributed by atoms with Gasteiger partial charge in [0.15, 0.2) is 0 Å². The van der Waals surface area contributed by atoms with Gasteiger partial charge in [0.05, 0.1) is 5.84 Å². The van der Waals surface area contributed by atoms with Crippen LogP contribution in [0.2, 0.25) is 0 Å². The van der Waals surface area contributed by atoms with Crippen LogP contribution in [-0.2, 0) is 0 Å². The van der Waals surface area contributed by atoms with Gasteiger partial charge in [0.1, 0.15) is 0 Å². The maximum absolute atomic E-state index is 4.57. The van der Waals surface area contributed by atoms with Gasteiger partial charge in [-0.25, -0.2) is 0 Å². The number of rotatable bonds is 2. The van der Waals surface area contributed by atoms with Gasteiger partial charge in [-0.1, -0.05) is 19.8 Å². The fraction of sp³-hybridized carbons (Fsp3) is 0.917. The van der Waals surface area contributed by atoms with Gasteiger partial charge in [-0.15, -0.1) is 0 Å². The summed E-state index contributed by atoms with van der Waals surface area (Å²) in [6, 6.07) is 0.733. The van der Waals surface area contributed by atoms with Gasteiger partial charge in [-0.05, 0) is 31.6 Å². The number of aliphatic imine (C=N–C) groups is 1. The molecule has 2 nitrogen and oxygen atoms in total. The maximum Gasteiger partial charge on any atom is 0.0965 e. The van der Waals surface area contributed by atoms with E-state index in [-0.39, 0.29) is 0 Å². The summed E-state index contributed by atoms with van der Waals surface area (Å²) in [4.78, 5) is 4.57. The van der Waals surface area contributed by atoms with Crippen LogP contribution in [0.1, 0.15) is 51.9 Å². The Morgan fingerprint density at radius 1 is 1.29 bits per heavy atom. The van der Waals surface area contributed by atoms with Gasteiger partial charge in [-0.2, -0.15) is 0 Å². The lowest BCUT2D eigenvalue weighted by Gasteiger charge is -2.23. The van der Waals surface area contributed by atoms with E-state index in [1.54, 1.807) is 0 Å². The van der Waals surface area contributed by atoms with Crippen LogP contribution >= 0.6 is 0 Å². The summed E-state index contributed by atoms with van der Waals surface area (Å²) in [5.74, 6) is 2.20. The monoisotopic (exact) mass is 194 g/mol. The van der Waals surface area contributed by atoms with Gasteiger partial charge in [-0.3, -0.25) is 4.99 Å². The van der Waals surface area contributed by atoms with Crippen LogP contribution in [0.15, 0.2) is 4.99 Å². The third-order valence-electron chi connectivity index (χ3n) is 3.66. The molecule has 2 heteroatoms. The minimum absolute atomic E-state index is 0.733. The molecule has 1 aliphatic carbocycles. The summed E-state index contributed by atoms with van der Waals surface area (Å²) in [6.07, 6.45) is 9.31. The van der Waals surface area contributed by atoms with Crippen molar-refractivity contribution in [3.8, 4) is 0 Å². The molecule has 2 rings (SSSR count). The lowest BCUT2D eigenvalue weighted by molar-refractivity contribution is 0.431. The lowest BCUT2D eigenvalue weighted by Crippen LogP contribution is -2.38. The highest BCUT2D eigenvalue weighted by Crippen LogP contribution is 2.28. The molecule has 1 aliphatic heterocycles. The Balaban J connectivity index is 1.86. The molecule has 14 heavy (non-hydrogen) atoms. The average Bonchev–Trinajstić information content (AvgIpc) is 2.67. The zero-order valence-corrected chi connectivity index (χ0v) is 9.26. The first-order valence-corrected chi connectivity index (χ1v) is 6.20. The number of nitrogens with one attached hydrogen (secondary N) is 1. The molecule has 1 heterocycles. The topological polar surface area (TPSA) is 24.4 Å². The van der Waals surface area contributed by atoms with Crippen LogP contribution < -0.4 is 5.32 Å². The van der Waals surface area contributed by atoms with E-state index >= 15 is 0 Å². The fourth-order valence-corrected chi connectivity index (χ4v) is 2.74. The van der Waals surface area contributed by atoms with Crippen LogP contribution in [-0.4, -0.2) is 18.4 Å². The molecule has 0 aromatic carbocycles. The van der Waals surface area contributed by atoms with Gasteiger partial charge in [0, 0.05) is 19.0 Å². The summed E-state index contributed by atoms with van der Waals surface area (Å²) in [7, 11) is 0. The number of nitrogens with zero attached hydrogens (tertiary/aromatic N) is 1. The molecule has 1 N–H and O–H groups in total. The highest BCUT2D eigenvalue weighted by molar-refractivity contribution is 5.82. The second-order valence-corrected chi connectivity index (χ2v) is 4.64. The molecule has 0 aromatic heterocycles. The van der Waals surface area contributed by atoms with Crippen LogP contribution in [0.4, 0.5) is 0 Å². The molecular formula is C12H22N2. The zero-order valence-electron chi connectivity index (χ0n) is 9.26. The first kappa shape index (κ1) is 10.0. The fourth-order valence-electron chi connectivity index (χ4n) is 2.74. The lowest BCUT2D eigenvalue weighted by atomic mass is 10.0. The first-order valence-electron chi connectivity index (χ1n) is 6.20. The Labute approximate surface area is 87.2 Å². The standard InChI is InChI=1S/C12H22N2/c1-2-10-6-5-7-11(10)14-12-8-3-4-9-13-12/h10-11H,2-9H2,1H3,(H,13,14). The number of amidine groups is 1. The van der Waals surface area contributed by atoms with Crippen molar-refractivity contribution in [3.05, 3.63) is 0 Å². The summed E-state index contributed by atoms with van der Waals surface area (Å²) in [5.41, 5.74) is 0. The minimum Gasteiger partial charge on any atom is -0.371 e. The summed E-state index contributed by atoms with van der Waals surface area (Å²) in [5, 5.41) is 3.67. The molecule has 0 spiro atoms. The third kappa shape index (κ3) is 2.28. The van der Waals surface area contributed by atoms with Gasteiger partial charge < -0.3 is 5.32 Å².